The molecule has 7 nitrogen and oxygen atoms in total. The van der Waals surface area contributed by atoms with Gasteiger partial charge in [0.1, 0.15) is 10.7 Å². The molecule has 5 heterocycles. The van der Waals surface area contributed by atoms with Crippen LogP contribution in [0.2, 0.25) is 0 Å². The molecule has 0 unspecified atom stereocenters. The van der Waals surface area contributed by atoms with Crippen LogP contribution in [-0.4, -0.2) is 61.3 Å². The van der Waals surface area contributed by atoms with Crippen molar-refractivity contribution in [3.8, 4) is 11.1 Å². The number of rotatable bonds is 4. The van der Waals surface area contributed by atoms with E-state index in [1.54, 1.807) is 23.7 Å². The average Bonchev–Trinajstić information content (AvgIpc) is 3.39. The molecule has 4 aromatic heterocycles. The highest BCUT2D eigenvalue weighted by Crippen LogP contribution is 2.28. The van der Waals surface area contributed by atoms with E-state index < -0.39 is 0 Å². The monoisotopic (exact) mass is 391 g/mol. The Morgan fingerprint density at radius 1 is 1.07 bits per heavy atom. The molecule has 28 heavy (non-hydrogen) atoms. The highest BCUT2D eigenvalue weighted by molar-refractivity contribution is 7.09. The van der Waals surface area contributed by atoms with Gasteiger partial charge in [-0.15, -0.1) is 16.4 Å². The first-order valence-electron chi connectivity index (χ1n) is 9.34. The zero-order valence-electron chi connectivity index (χ0n) is 15.6. The number of hydrogen-bond acceptors (Lipinski definition) is 7. The van der Waals surface area contributed by atoms with Gasteiger partial charge in [-0.2, -0.15) is 0 Å². The quantitative estimate of drug-likeness (QED) is 0.533. The molecular weight excluding hydrogens is 370 g/mol. The molecule has 1 atom stereocenters. The van der Waals surface area contributed by atoms with Crippen molar-refractivity contribution in [1.29, 1.82) is 0 Å². The van der Waals surface area contributed by atoms with Crippen molar-refractivity contribution < 1.29 is 0 Å². The molecule has 8 heteroatoms. The third kappa shape index (κ3) is 3.30. The van der Waals surface area contributed by atoms with Crippen molar-refractivity contribution in [3.63, 3.8) is 0 Å². The number of pyridine rings is 2. The van der Waals surface area contributed by atoms with Gasteiger partial charge < -0.3 is 0 Å². The van der Waals surface area contributed by atoms with E-state index in [2.05, 4.69) is 49.3 Å². The summed E-state index contributed by atoms with van der Waals surface area (Å²) in [6.07, 6.45) is 7.53. The van der Waals surface area contributed by atoms with Gasteiger partial charge >= 0.3 is 0 Å². The summed E-state index contributed by atoms with van der Waals surface area (Å²) in [6.45, 7) is 3.87. The first-order chi connectivity index (χ1) is 13.8. The maximum Gasteiger partial charge on any atom is 0.109 e. The predicted molar refractivity (Wildman–Crippen MR) is 109 cm³/mol. The maximum atomic E-state index is 4.55. The SMILES string of the molecule is CN1CCN(Cc2nccs2)C[C@H]1c1nnn2cc(-c3ccncc3)ccc12. The van der Waals surface area contributed by atoms with E-state index in [1.807, 2.05) is 34.4 Å². The van der Waals surface area contributed by atoms with Crippen molar-refractivity contribution >= 4 is 16.9 Å². The summed E-state index contributed by atoms with van der Waals surface area (Å²) in [5, 5.41) is 12.2. The lowest BCUT2D eigenvalue weighted by atomic mass is 10.1. The van der Waals surface area contributed by atoms with Crippen molar-refractivity contribution in [3.05, 3.63) is 65.1 Å². The normalized spacial score (nSPS) is 18.7. The molecule has 1 saturated heterocycles. The summed E-state index contributed by atoms with van der Waals surface area (Å²) in [5.74, 6) is 0. The Balaban J connectivity index is 1.43. The molecule has 0 aromatic carbocycles. The smallest absolute Gasteiger partial charge is 0.109 e. The molecule has 1 aliphatic heterocycles. The number of nitrogens with zero attached hydrogens (tertiary/aromatic N) is 7. The van der Waals surface area contributed by atoms with Gasteiger partial charge in [0.2, 0.25) is 0 Å². The first-order valence-corrected chi connectivity index (χ1v) is 10.2. The number of thiazole rings is 1. The van der Waals surface area contributed by atoms with Crippen molar-refractivity contribution in [2.24, 2.45) is 0 Å². The fourth-order valence-electron chi connectivity index (χ4n) is 3.76. The molecule has 1 fully saturated rings. The van der Waals surface area contributed by atoms with Crippen LogP contribution in [0.3, 0.4) is 0 Å². The Labute approximate surface area is 167 Å². The summed E-state index contributed by atoms with van der Waals surface area (Å²) >= 11 is 1.72. The van der Waals surface area contributed by atoms with Crippen LogP contribution in [0.4, 0.5) is 0 Å². The van der Waals surface area contributed by atoms with Crippen LogP contribution in [0.15, 0.2) is 54.4 Å². The number of aromatic nitrogens is 5. The molecular formula is C20H21N7S. The second-order valence-electron chi connectivity index (χ2n) is 7.12. The Kier molecular flexibility index (Phi) is 4.59. The van der Waals surface area contributed by atoms with Gasteiger partial charge in [0, 0.05) is 55.4 Å². The van der Waals surface area contributed by atoms with E-state index in [-0.39, 0.29) is 6.04 Å². The van der Waals surface area contributed by atoms with E-state index in [4.69, 9.17) is 0 Å². The van der Waals surface area contributed by atoms with Gasteiger partial charge in [0.05, 0.1) is 18.1 Å². The third-order valence-corrected chi connectivity index (χ3v) is 6.11. The van der Waals surface area contributed by atoms with Crippen LogP contribution < -0.4 is 0 Å². The molecule has 142 valence electrons. The van der Waals surface area contributed by atoms with Crippen LogP contribution in [-0.2, 0) is 6.54 Å². The molecule has 0 spiro atoms. The highest BCUT2D eigenvalue weighted by atomic mass is 32.1. The standard InChI is InChI=1S/C20H21N7S/c1-25-9-10-26(14-19-22-8-11-28-19)13-18(25)20-17-3-2-16(12-27(17)24-23-20)15-4-6-21-7-5-15/h2-8,11-12,18H,9-10,13-14H2,1H3/t18-/m0/s1. The summed E-state index contributed by atoms with van der Waals surface area (Å²) in [5.41, 5.74) is 4.32. The highest BCUT2D eigenvalue weighted by Gasteiger charge is 2.29. The molecule has 0 N–H and O–H groups in total. The minimum Gasteiger partial charge on any atom is -0.295 e. The van der Waals surface area contributed by atoms with Crippen molar-refractivity contribution in [2.45, 2.75) is 12.6 Å². The average molecular weight is 392 g/mol. The van der Waals surface area contributed by atoms with Gasteiger partial charge in [-0.3, -0.25) is 14.8 Å². The van der Waals surface area contributed by atoms with Crippen LogP contribution in [0.1, 0.15) is 16.7 Å². The lowest BCUT2D eigenvalue weighted by molar-refractivity contribution is 0.0889. The summed E-state index contributed by atoms with van der Waals surface area (Å²) < 4.78 is 1.89. The third-order valence-electron chi connectivity index (χ3n) is 5.34. The Morgan fingerprint density at radius 2 is 1.96 bits per heavy atom. The Hall–Kier alpha value is -2.68. The molecule has 4 aromatic rings. The van der Waals surface area contributed by atoms with Gasteiger partial charge in [-0.25, -0.2) is 9.50 Å². The van der Waals surface area contributed by atoms with Gasteiger partial charge in [0.25, 0.3) is 0 Å². The van der Waals surface area contributed by atoms with Gasteiger partial charge in [-0.1, -0.05) is 11.3 Å². The Morgan fingerprint density at radius 3 is 2.79 bits per heavy atom. The number of piperazine rings is 1. The first kappa shape index (κ1) is 17.4. The lowest BCUT2D eigenvalue weighted by Gasteiger charge is -2.38. The Bertz CT molecular complexity index is 1060. The topological polar surface area (TPSA) is 62.5 Å². The van der Waals surface area contributed by atoms with Gasteiger partial charge in [-0.05, 0) is 30.8 Å². The molecule has 0 saturated carbocycles. The second kappa shape index (κ2) is 7.38. The van der Waals surface area contributed by atoms with Crippen molar-refractivity contribution in [1.82, 2.24) is 34.6 Å². The summed E-state index contributed by atoms with van der Waals surface area (Å²) in [4.78, 5) is 13.4. The van der Waals surface area contributed by atoms with Crippen LogP contribution in [0, 0.1) is 0 Å². The van der Waals surface area contributed by atoms with E-state index in [0.717, 1.165) is 53.5 Å². The van der Waals surface area contributed by atoms with Crippen LogP contribution in [0.25, 0.3) is 16.6 Å². The maximum absolute atomic E-state index is 4.55. The molecule has 5 rings (SSSR count). The molecule has 0 aliphatic carbocycles. The zero-order chi connectivity index (χ0) is 18.9. The largest absolute Gasteiger partial charge is 0.295 e. The van der Waals surface area contributed by atoms with Gasteiger partial charge in [0.15, 0.2) is 0 Å². The van der Waals surface area contributed by atoms with Crippen LogP contribution >= 0.6 is 11.3 Å². The van der Waals surface area contributed by atoms with E-state index in [0.29, 0.717) is 0 Å². The number of fused-ring (bicyclic) bond motifs is 1. The molecule has 0 amide bonds. The zero-order valence-corrected chi connectivity index (χ0v) is 16.5. The van der Waals surface area contributed by atoms with E-state index >= 15 is 0 Å². The lowest BCUT2D eigenvalue weighted by Crippen LogP contribution is -2.46. The fraction of sp³-hybridized carbons (Fsp3) is 0.300. The fourth-order valence-corrected chi connectivity index (χ4v) is 4.42. The number of hydrogen-bond donors (Lipinski definition) is 0. The predicted octanol–water partition coefficient (Wildman–Crippen LogP) is 2.74. The minimum atomic E-state index is 0.220. The van der Waals surface area contributed by atoms with Crippen LogP contribution in [0.5, 0.6) is 0 Å². The molecule has 1 aliphatic rings. The van der Waals surface area contributed by atoms with Crippen molar-refractivity contribution in [2.75, 3.05) is 26.7 Å². The van der Waals surface area contributed by atoms with E-state index in [1.165, 1.54) is 0 Å². The summed E-state index contributed by atoms with van der Waals surface area (Å²) in [7, 11) is 2.17. The molecule has 0 bridgehead atoms. The van der Waals surface area contributed by atoms with E-state index in [9.17, 15) is 0 Å². The number of likely N-dealkylation sites (N-methyl/N-ethyl adjacent to an activating group) is 1. The minimum absolute atomic E-state index is 0.220. The molecule has 0 radical (unpaired) electrons. The second-order valence-corrected chi connectivity index (χ2v) is 8.09. The summed E-state index contributed by atoms with van der Waals surface area (Å²) in [6, 6.07) is 8.49.